The smallest absolute Gasteiger partial charge is 0.317 e. The largest absolute Gasteiger partial charge is 0.497 e. The molecule has 358 valence electrons. The highest BCUT2D eigenvalue weighted by Crippen LogP contribution is 2.54. The summed E-state index contributed by atoms with van der Waals surface area (Å²) in [6.07, 6.45) is 11.5. The first kappa shape index (κ1) is 50.9. The van der Waals surface area contributed by atoms with Gasteiger partial charge in [0.15, 0.2) is 0 Å². The Morgan fingerprint density at radius 3 is 1.29 bits per heavy atom. The molecule has 0 unspecified atom stereocenters. The third-order valence-electron chi connectivity index (χ3n) is 13.2. The van der Waals surface area contributed by atoms with Crippen LogP contribution in [0, 0.1) is 0 Å². The number of methoxy groups -OCH3 is 2. The zero-order chi connectivity index (χ0) is 47.1. The average molecular weight is 945 g/mol. The second kappa shape index (κ2) is 24.5. The van der Waals surface area contributed by atoms with E-state index >= 15 is 0 Å². The molecule has 6 rings (SSSR count). The lowest BCUT2D eigenvalue weighted by atomic mass is 9.87. The number of esters is 2. The average Bonchev–Trinajstić information content (AvgIpc) is 3.32. The van der Waals surface area contributed by atoms with Crippen LogP contribution in [0.3, 0.4) is 0 Å². The second-order valence-electron chi connectivity index (χ2n) is 18.3. The molecule has 2 saturated carbocycles. The molecule has 0 spiro atoms. The summed E-state index contributed by atoms with van der Waals surface area (Å²) in [4.78, 5) is 54.8. The number of benzene rings is 4. The molecule has 0 aromatic heterocycles. The highest BCUT2D eigenvalue weighted by molar-refractivity contribution is 8.77. The molecule has 2 aliphatic carbocycles. The van der Waals surface area contributed by atoms with Crippen molar-refractivity contribution >= 4 is 67.0 Å². The van der Waals surface area contributed by atoms with Crippen molar-refractivity contribution in [2.75, 3.05) is 66.7 Å². The van der Waals surface area contributed by atoms with Crippen LogP contribution in [0.4, 0.5) is 0 Å². The molecule has 66 heavy (non-hydrogen) atoms. The van der Waals surface area contributed by atoms with Gasteiger partial charge in [-0.2, -0.15) is 0 Å². The van der Waals surface area contributed by atoms with Gasteiger partial charge in [-0.1, -0.05) is 109 Å². The van der Waals surface area contributed by atoms with Gasteiger partial charge in [-0.15, -0.1) is 0 Å². The third kappa shape index (κ3) is 14.5. The Labute approximate surface area is 397 Å². The van der Waals surface area contributed by atoms with Gasteiger partial charge in [-0.05, 0) is 109 Å². The van der Waals surface area contributed by atoms with Crippen LogP contribution in [0.1, 0.15) is 114 Å². The number of fused-ring (bicyclic) bond motifs is 2. The number of carbonyl (C=O) groups is 4. The highest BCUT2D eigenvalue weighted by Gasteiger charge is 2.41. The molecule has 0 saturated heterocycles. The molecule has 0 bridgehead atoms. The van der Waals surface area contributed by atoms with Crippen LogP contribution in [0.5, 0.6) is 11.5 Å². The van der Waals surface area contributed by atoms with Gasteiger partial charge in [0.2, 0.25) is 0 Å². The van der Waals surface area contributed by atoms with Crippen LogP contribution >= 0.6 is 21.6 Å². The monoisotopic (exact) mass is 944 g/mol. The Kier molecular flexibility index (Phi) is 18.9. The molecule has 0 heterocycles. The van der Waals surface area contributed by atoms with Crippen LogP contribution in [-0.4, -0.2) is 120 Å². The van der Waals surface area contributed by atoms with Gasteiger partial charge in [0.1, 0.15) is 11.5 Å². The first-order valence-corrected chi connectivity index (χ1v) is 25.7. The fraction of sp³-hybridized carbons (Fsp3) is 0.538. The maximum Gasteiger partial charge on any atom is 0.317 e. The van der Waals surface area contributed by atoms with Gasteiger partial charge in [0.25, 0.3) is 0 Å². The summed E-state index contributed by atoms with van der Waals surface area (Å²) in [5.74, 6) is -1.76. The van der Waals surface area contributed by atoms with E-state index in [1.807, 2.05) is 118 Å². The lowest BCUT2D eigenvalue weighted by molar-refractivity contribution is -0.146. The Morgan fingerprint density at radius 1 is 0.561 bits per heavy atom. The van der Waals surface area contributed by atoms with Gasteiger partial charge in [0.05, 0.1) is 52.4 Å². The fourth-order valence-corrected chi connectivity index (χ4v) is 13.6. The summed E-state index contributed by atoms with van der Waals surface area (Å²) >= 11 is 0. The van der Waals surface area contributed by atoms with Crippen LogP contribution < -0.4 is 9.47 Å². The Bertz CT molecular complexity index is 2100. The molecule has 0 aliphatic heterocycles. The normalized spacial score (nSPS) is 16.8. The number of hydrogen-bond acceptors (Lipinski definition) is 12. The molecule has 14 heteroatoms. The van der Waals surface area contributed by atoms with E-state index in [1.54, 1.807) is 14.2 Å². The summed E-state index contributed by atoms with van der Waals surface area (Å²) in [7, 11) is 7.05. The van der Waals surface area contributed by atoms with Crippen LogP contribution in [0.15, 0.2) is 72.8 Å². The fourth-order valence-electron chi connectivity index (χ4n) is 9.45. The van der Waals surface area contributed by atoms with Crippen molar-refractivity contribution in [2.45, 2.75) is 112 Å². The molecule has 4 aromatic rings. The number of rotatable bonds is 25. The van der Waals surface area contributed by atoms with E-state index < -0.39 is 23.8 Å². The van der Waals surface area contributed by atoms with Crippen molar-refractivity contribution in [1.82, 2.24) is 9.80 Å². The number of hydrogen-bond donors (Lipinski definition) is 2. The second-order valence-corrected chi connectivity index (χ2v) is 21.4. The van der Waals surface area contributed by atoms with Crippen LogP contribution in [-0.2, 0) is 28.7 Å². The van der Waals surface area contributed by atoms with E-state index in [4.69, 9.17) is 18.9 Å². The van der Waals surface area contributed by atoms with E-state index in [0.717, 1.165) is 108 Å². The highest BCUT2D eigenvalue weighted by atomic mass is 33.1. The molecule has 0 radical (unpaired) electrons. The quantitative estimate of drug-likeness (QED) is 0.0368. The predicted molar refractivity (Wildman–Crippen MR) is 264 cm³/mol. The lowest BCUT2D eigenvalue weighted by Gasteiger charge is -2.45. The van der Waals surface area contributed by atoms with Gasteiger partial charge >= 0.3 is 23.9 Å². The molecule has 4 aromatic carbocycles. The third-order valence-corrected chi connectivity index (χ3v) is 17.5. The molecular formula is C52H68N2O10S2. The summed E-state index contributed by atoms with van der Waals surface area (Å²) in [6, 6.07) is 23.5. The Hall–Kier alpha value is -4.50. The predicted octanol–water partition coefficient (Wildman–Crippen LogP) is 10.3. The lowest BCUT2D eigenvalue weighted by Crippen LogP contribution is -2.46. The van der Waals surface area contributed by atoms with E-state index in [0.29, 0.717) is 39.0 Å². The van der Waals surface area contributed by atoms with Gasteiger partial charge in [-0.3, -0.25) is 29.0 Å². The van der Waals surface area contributed by atoms with E-state index in [-0.39, 0.29) is 47.7 Å². The summed E-state index contributed by atoms with van der Waals surface area (Å²) < 4.78 is 21.9. The van der Waals surface area contributed by atoms with Crippen LogP contribution in [0.2, 0.25) is 0 Å². The maximum absolute atomic E-state index is 13.2. The first-order valence-electron chi connectivity index (χ1n) is 23.5. The minimum absolute atomic E-state index is 0.0992. The van der Waals surface area contributed by atoms with Crippen molar-refractivity contribution in [3.8, 4) is 11.5 Å². The standard InChI is InChI=1S/C52H68N2O10S2/c1-37(39-13-15-43-31-45(61-3)19-17-41(43)29-39)49(59)63-27-11-25-53(33-47(55)56)35-51(21-7-5-8-22-51)65-66-52(23-9-6-10-24-52)36-54(34-48(57)58)26-12-28-64-50(60)38(2)40-14-16-44-32-46(62-4)20-18-42(44)30-40/h13-20,29-32,37-38H,5-12,21-28,33-36H2,1-4H3,(H,55,56)(H,57,58)/t37-,38-/m0/s1. The van der Waals surface area contributed by atoms with Crippen molar-refractivity contribution < 1.29 is 48.3 Å². The molecule has 2 fully saturated rings. The van der Waals surface area contributed by atoms with Crippen LogP contribution in [0.25, 0.3) is 21.5 Å². The molecule has 2 N–H and O–H groups in total. The van der Waals surface area contributed by atoms with E-state index in [9.17, 15) is 29.4 Å². The molecule has 12 nitrogen and oxygen atoms in total. The zero-order valence-corrected chi connectivity index (χ0v) is 40.7. The van der Waals surface area contributed by atoms with Gasteiger partial charge in [0, 0.05) is 35.7 Å². The number of carboxylic acid groups (broad SMARTS) is 2. The number of nitrogens with zero attached hydrogens (tertiary/aromatic N) is 2. The molecule has 2 aliphatic rings. The minimum atomic E-state index is -0.888. The Morgan fingerprint density at radius 2 is 0.924 bits per heavy atom. The summed E-state index contributed by atoms with van der Waals surface area (Å²) in [5, 5.41) is 24.1. The van der Waals surface area contributed by atoms with Gasteiger partial charge in [-0.25, -0.2) is 0 Å². The SMILES string of the molecule is COc1ccc2cc([C@H](C)C(=O)OCCCN(CC(=O)O)CC3(SSC4(CN(CCCOC(=O)[C@@H](C)c5ccc6cc(OC)ccc6c5)CC(=O)O)CCCCC4)CCCCC3)ccc2c1. The topological polar surface area (TPSA) is 152 Å². The maximum atomic E-state index is 13.2. The first-order chi connectivity index (χ1) is 31.8. The van der Waals surface area contributed by atoms with Crippen molar-refractivity contribution in [2.24, 2.45) is 0 Å². The number of ether oxygens (including phenoxy) is 4. The number of aliphatic carboxylic acids is 2. The van der Waals surface area contributed by atoms with E-state index in [2.05, 4.69) is 0 Å². The van der Waals surface area contributed by atoms with Crippen molar-refractivity contribution in [3.05, 3.63) is 83.9 Å². The number of carboxylic acids is 2. The number of carbonyl (C=O) groups excluding carboxylic acids is 2. The summed E-state index contributed by atoms with van der Waals surface area (Å²) in [6.45, 7) is 6.06. The molecule has 0 amide bonds. The summed E-state index contributed by atoms with van der Waals surface area (Å²) in [5.41, 5.74) is 1.74. The van der Waals surface area contributed by atoms with Crippen molar-refractivity contribution in [3.63, 3.8) is 0 Å². The zero-order valence-electron chi connectivity index (χ0n) is 39.1. The molecule has 2 atom stereocenters. The minimum Gasteiger partial charge on any atom is -0.497 e. The molecular weight excluding hydrogens is 877 g/mol. The van der Waals surface area contributed by atoms with Crippen molar-refractivity contribution in [1.29, 1.82) is 0 Å². The van der Waals surface area contributed by atoms with Gasteiger partial charge < -0.3 is 29.2 Å². The Balaban J connectivity index is 1.03. The van der Waals surface area contributed by atoms with E-state index in [1.165, 1.54) is 0 Å².